The molecule has 0 bridgehead atoms. The SMILES string of the molecule is CC[C@@H](C(=O)N[C@@H](Cc1cc(F)cc(F)c1)c1ncccc1-c1ccc(F)c(C(N)=O)c1)n1cc(C(C)=O)c2ccccc21. The largest absolute Gasteiger partial charge is 0.366 e. The van der Waals surface area contributed by atoms with E-state index in [1.165, 1.54) is 37.4 Å². The third-order valence-electron chi connectivity index (χ3n) is 7.54. The number of fused-ring (bicyclic) bond motifs is 1. The average molecular weight is 599 g/mol. The van der Waals surface area contributed by atoms with Gasteiger partial charge in [-0.2, -0.15) is 0 Å². The predicted molar refractivity (Wildman–Crippen MR) is 160 cm³/mol. The molecular weight excluding hydrogens is 569 g/mol. The number of primary amides is 1. The summed E-state index contributed by atoms with van der Waals surface area (Å²) in [6, 6.07) is 15.9. The number of carbonyl (C=O) groups is 3. The molecule has 3 N–H and O–H groups in total. The fourth-order valence-electron chi connectivity index (χ4n) is 5.52. The van der Waals surface area contributed by atoms with Gasteiger partial charge < -0.3 is 15.6 Å². The Bertz CT molecular complexity index is 1880. The van der Waals surface area contributed by atoms with Gasteiger partial charge in [-0.25, -0.2) is 13.2 Å². The number of pyridine rings is 1. The van der Waals surface area contributed by atoms with E-state index in [-0.39, 0.29) is 23.3 Å². The van der Waals surface area contributed by atoms with Crippen LogP contribution in [0.3, 0.4) is 0 Å². The molecule has 5 rings (SSSR count). The number of Topliss-reactive ketones (excluding diaryl/α,β-unsaturated/α-hetero) is 1. The monoisotopic (exact) mass is 598 g/mol. The lowest BCUT2D eigenvalue weighted by Crippen LogP contribution is -2.36. The van der Waals surface area contributed by atoms with Crippen molar-refractivity contribution in [1.82, 2.24) is 14.9 Å². The molecule has 7 nitrogen and oxygen atoms in total. The minimum absolute atomic E-state index is 0.0458. The Balaban J connectivity index is 1.60. The van der Waals surface area contributed by atoms with Crippen LogP contribution in [0, 0.1) is 17.5 Å². The third kappa shape index (κ3) is 6.10. The van der Waals surface area contributed by atoms with Crippen molar-refractivity contribution >= 4 is 28.5 Å². The Labute approximate surface area is 251 Å². The zero-order valence-corrected chi connectivity index (χ0v) is 24.0. The number of ketones is 1. The summed E-state index contributed by atoms with van der Waals surface area (Å²) in [4.78, 5) is 42.8. The van der Waals surface area contributed by atoms with Gasteiger partial charge in [0, 0.05) is 40.5 Å². The van der Waals surface area contributed by atoms with Crippen LogP contribution in [0.1, 0.15) is 64.3 Å². The van der Waals surface area contributed by atoms with Gasteiger partial charge in [0.2, 0.25) is 5.91 Å². The van der Waals surface area contributed by atoms with Gasteiger partial charge in [0.25, 0.3) is 5.91 Å². The van der Waals surface area contributed by atoms with E-state index < -0.39 is 41.3 Å². The number of hydrogen-bond acceptors (Lipinski definition) is 4. The van der Waals surface area contributed by atoms with Crippen molar-refractivity contribution in [2.24, 2.45) is 5.73 Å². The number of nitrogens with two attached hydrogens (primary N) is 1. The first-order chi connectivity index (χ1) is 21.1. The summed E-state index contributed by atoms with van der Waals surface area (Å²) in [7, 11) is 0. The summed E-state index contributed by atoms with van der Waals surface area (Å²) in [6.45, 7) is 3.29. The van der Waals surface area contributed by atoms with Crippen molar-refractivity contribution in [1.29, 1.82) is 0 Å². The predicted octanol–water partition coefficient (Wildman–Crippen LogP) is 6.47. The summed E-state index contributed by atoms with van der Waals surface area (Å²) in [5, 5.41) is 3.73. The summed E-state index contributed by atoms with van der Waals surface area (Å²) in [5.41, 5.74) is 7.68. The molecule has 0 unspecified atom stereocenters. The molecule has 0 fully saturated rings. The van der Waals surface area contributed by atoms with Gasteiger partial charge in [0.1, 0.15) is 23.5 Å². The molecule has 2 amide bonds. The number of para-hydroxylation sites is 1. The van der Waals surface area contributed by atoms with Crippen molar-refractivity contribution in [3.8, 4) is 11.1 Å². The van der Waals surface area contributed by atoms with E-state index in [4.69, 9.17) is 5.73 Å². The van der Waals surface area contributed by atoms with Crippen LogP contribution in [0.4, 0.5) is 13.2 Å². The molecule has 2 heterocycles. The number of carbonyl (C=O) groups excluding carboxylic acids is 3. The van der Waals surface area contributed by atoms with E-state index in [0.717, 1.165) is 12.1 Å². The van der Waals surface area contributed by atoms with Gasteiger partial charge in [0.15, 0.2) is 5.78 Å². The second-order valence-electron chi connectivity index (χ2n) is 10.5. The fraction of sp³-hybridized carbons (Fsp3) is 0.176. The normalized spacial score (nSPS) is 12.6. The number of amides is 2. The second kappa shape index (κ2) is 12.5. The fourth-order valence-corrected chi connectivity index (χ4v) is 5.52. The van der Waals surface area contributed by atoms with E-state index >= 15 is 0 Å². The maximum Gasteiger partial charge on any atom is 0.251 e. The van der Waals surface area contributed by atoms with Gasteiger partial charge in [0.05, 0.1) is 17.3 Å². The Kier molecular flexibility index (Phi) is 8.61. The number of aromatic nitrogens is 2. The van der Waals surface area contributed by atoms with Crippen molar-refractivity contribution in [3.05, 3.63) is 125 Å². The van der Waals surface area contributed by atoms with Crippen molar-refractivity contribution < 1.29 is 27.6 Å². The zero-order chi connectivity index (χ0) is 31.5. The van der Waals surface area contributed by atoms with Crippen LogP contribution in [0.25, 0.3) is 22.0 Å². The Morgan fingerprint density at radius 2 is 1.66 bits per heavy atom. The lowest BCUT2D eigenvalue weighted by molar-refractivity contribution is -0.125. The molecule has 0 saturated heterocycles. The van der Waals surface area contributed by atoms with Gasteiger partial charge in [-0.1, -0.05) is 37.3 Å². The molecule has 5 aromatic rings. The second-order valence-corrected chi connectivity index (χ2v) is 10.5. The standard InChI is InChI=1S/C34H29F3N4O3/c1-3-30(41-18-27(19(2)42)25-7-4-5-9-31(25)41)34(44)40-29(15-20-13-22(35)17-23(36)14-20)32-24(8-6-12-39-32)21-10-11-28(37)26(16-21)33(38)43/h4-14,16-18,29-30H,3,15H2,1-2H3,(H2,38,43)(H,40,44)/t29-,30-/m0/s1. The number of rotatable bonds is 10. The summed E-state index contributed by atoms with van der Waals surface area (Å²) in [5.74, 6) is -3.87. The molecule has 0 aliphatic rings. The maximum atomic E-state index is 14.3. The Morgan fingerprint density at radius 3 is 2.34 bits per heavy atom. The molecule has 0 aliphatic carbocycles. The lowest BCUT2D eigenvalue weighted by atomic mass is 9.94. The molecule has 44 heavy (non-hydrogen) atoms. The number of halogens is 3. The molecule has 224 valence electrons. The summed E-state index contributed by atoms with van der Waals surface area (Å²) >= 11 is 0. The molecular formula is C34H29F3N4O3. The average Bonchev–Trinajstić information content (AvgIpc) is 3.37. The van der Waals surface area contributed by atoms with Crippen molar-refractivity contribution in [2.45, 2.75) is 38.8 Å². The zero-order valence-electron chi connectivity index (χ0n) is 24.0. The lowest BCUT2D eigenvalue weighted by Gasteiger charge is -2.25. The molecule has 2 aromatic heterocycles. The summed E-state index contributed by atoms with van der Waals surface area (Å²) in [6.07, 6.45) is 3.47. The molecule has 10 heteroatoms. The van der Waals surface area contributed by atoms with E-state index in [1.54, 1.807) is 22.9 Å². The van der Waals surface area contributed by atoms with Crippen molar-refractivity contribution in [3.63, 3.8) is 0 Å². The first-order valence-corrected chi connectivity index (χ1v) is 14.0. The highest BCUT2D eigenvalue weighted by atomic mass is 19.1. The van der Waals surface area contributed by atoms with Crippen LogP contribution in [0.5, 0.6) is 0 Å². The smallest absolute Gasteiger partial charge is 0.251 e. The van der Waals surface area contributed by atoms with Crippen LogP contribution < -0.4 is 11.1 Å². The van der Waals surface area contributed by atoms with Gasteiger partial charge in [-0.3, -0.25) is 19.4 Å². The molecule has 0 radical (unpaired) electrons. The summed E-state index contributed by atoms with van der Waals surface area (Å²) < 4.78 is 44.5. The molecule has 0 spiro atoms. The van der Waals surface area contributed by atoms with Crippen LogP contribution in [-0.4, -0.2) is 27.1 Å². The Morgan fingerprint density at radius 1 is 0.932 bits per heavy atom. The quantitative estimate of drug-likeness (QED) is 0.180. The highest BCUT2D eigenvalue weighted by Gasteiger charge is 2.28. The maximum absolute atomic E-state index is 14.3. The van der Waals surface area contributed by atoms with E-state index in [1.807, 2.05) is 31.2 Å². The minimum Gasteiger partial charge on any atom is -0.366 e. The van der Waals surface area contributed by atoms with Gasteiger partial charge in [-0.05, 0) is 67.3 Å². The highest BCUT2D eigenvalue weighted by Crippen LogP contribution is 2.32. The van der Waals surface area contributed by atoms with Crippen LogP contribution in [0.2, 0.25) is 0 Å². The number of hydrogen-bond donors (Lipinski definition) is 2. The highest BCUT2D eigenvalue weighted by molar-refractivity contribution is 6.07. The van der Waals surface area contributed by atoms with E-state index in [2.05, 4.69) is 10.3 Å². The van der Waals surface area contributed by atoms with Gasteiger partial charge in [-0.15, -0.1) is 0 Å². The molecule has 2 atom stereocenters. The number of nitrogens with one attached hydrogen (secondary N) is 1. The minimum atomic E-state index is -0.954. The first kappa shape index (κ1) is 30.2. The van der Waals surface area contributed by atoms with Crippen LogP contribution >= 0.6 is 0 Å². The first-order valence-electron chi connectivity index (χ1n) is 14.0. The number of benzene rings is 3. The molecule has 0 aliphatic heterocycles. The van der Waals surface area contributed by atoms with E-state index in [0.29, 0.717) is 39.7 Å². The van der Waals surface area contributed by atoms with Gasteiger partial charge >= 0.3 is 0 Å². The molecule has 0 saturated carbocycles. The number of nitrogens with zero attached hydrogens (tertiary/aromatic N) is 2. The topological polar surface area (TPSA) is 107 Å². The third-order valence-corrected chi connectivity index (χ3v) is 7.54. The van der Waals surface area contributed by atoms with Crippen molar-refractivity contribution in [2.75, 3.05) is 0 Å². The Hall–Kier alpha value is -5.25. The van der Waals surface area contributed by atoms with E-state index in [9.17, 15) is 27.6 Å². The van der Waals surface area contributed by atoms with Crippen LogP contribution in [0.15, 0.2) is 85.2 Å². The molecule has 3 aromatic carbocycles. The van der Waals surface area contributed by atoms with Crippen LogP contribution in [-0.2, 0) is 11.2 Å².